The second-order valence-corrected chi connectivity index (χ2v) is 6.08. The van der Waals surface area contributed by atoms with Crippen LogP contribution in [0.1, 0.15) is 28.1 Å². The molecule has 2 N–H and O–H groups in total. The number of aromatic amines is 2. The molecule has 4 rings (SSSR count). The van der Waals surface area contributed by atoms with Gasteiger partial charge in [-0.1, -0.05) is 6.07 Å². The summed E-state index contributed by atoms with van der Waals surface area (Å²) in [5.74, 6) is 0.215. The summed E-state index contributed by atoms with van der Waals surface area (Å²) in [5, 5.41) is 10.1. The van der Waals surface area contributed by atoms with E-state index in [9.17, 15) is 4.39 Å². The summed E-state index contributed by atoms with van der Waals surface area (Å²) < 4.78 is 14.1. The van der Waals surface area contributed by atoms with Crippen LogP contribution in [-0.4, -0.2) is 15.0 Å². The molecule has 0 radical (unpaired) electrons. The molecule has 0 saturated heterocycles. The molecule has 4 aromatic rings. The number of rotatable bonds is 2. The number of hydrogen-bond acceptors (Lipinski definition) is 2. The van der Waals surface area contributed by atoms with Gasteiger partial charge in [0, 0.05) is 23.5 Å². The van der Waals surface area contributed by atoms with Gasteiger partial charge in [0.25, 0.3) is 0 Å². The maximum atomic E-state index is 14.1. The highest BCUT2D eigenvalue weighted by Crippen LogP contribution is 2.27. The number of H-pyrrole nitrogens is 2. The van der Waals surface area contributed by atoms with Gasteiger partial charge in [-0.05, 0) is 48.7 Å². The summed E-state index contributed by atoms with van der Waals surface area (Å²) in [5.41, 5.74) is 5.77. The Hall–Kier alpha value is -3.13. The molecule has 118 valence electrons. The Morgan fingerprint density at radius 2 is 2.04 bits per heavy atom. The summed E-state index contributed by atoms with van der Waals surface area (Å²) in [6, 6.07) is 9.01. The van der Waals surface area contributed by atoms with E-state index in [0.29, 0.717) is 17.8 Å². The average molecular weight is 318 g/mol. The summed E-state index contributed by atoms with van der Waals surface area (Å²) in [6.07, 6.45) is 2.51. The Balaban J connectivity index is 1.85. The fourth-order valence-corrected chi connectivity index (χ4v) is 3.32. The number of imidazole rings is 1. The number of benzene rings is 2. The number of nitriles is 1. The first-order chi connectivity index (χ1) is 11.6. The normalized spacial score (nSPS) is 11.2. The molecule has 24 heavy (non-hydrogen) atoms. The molecule has 0 aliphatic heterocycles. The number of aryl methyl sites for hydroxylation is 2. The standard InChI is InChI=1S/C19H15FN4/c1-10-5-11(2)18-13(3-4-22-18)14(10)8-17-23-16-7-12(9-21)6-15(20)19(16)24-17/h3-7,22H,8H2,1-2H3,(H,23,24). The van der Waals surface area contributed by atoms with Crippen LogP contribution in [0.15, 0.2) is 30.5 Å². The lowest BCUT2D eigenvalue weighted by atomic mass is 9.98. The monoisotopic (exact) mass is 318 g/mol. The molecule has 0 aliphatic carbocycles. The number of nitrogens with zero attached hydrogens (tertiary/aromatic N) is 2. The van der Waals surface area contributed by atoms with E-state index >= 15 is 0 Å². The first-order valence-electron chi connectivity index (χ1n) is 7.71. The number of hydrogen-bond donors (Lipinski definition) is 2. The molecule has 0 amide bonds. The maximum Gasteiger partial charge on any atom is 0.152 e. The van der Waals surface area contributed by atoms with Crippen molar-refractivity contribution in [2.75, 3.05) is 0 Å². The van der Waals surface area contributed by atoms with Crippen LogP contribution in [0.2, 0.25) is 0 Å². The van der Waals surface area contributed by atoms with Crippen LogP contribution in [-0.2, 0) is 6.42 Å². The van der Waals surface area contributed by atoms with Gasteiger partial charge < -0.3 is 9.97 Å². The van der Waals surface area contributed by atoms with E-state index in [2.05, 4.69) is 40.9 Å². The first kappa shape index (κ1) is 14.5. The van der Waals surface area contributed by atoms with Gasteiger partial charge in [0.05, 0.1) is 17.1 Å². The van der Waals surface area contributed by atoms with Crippen molar-refractivity contribution < 1.29 is 4.39 Å². The third kappa shape index (κ3) is 2.16. The summed E-state index contributed by atoms with van der Waals surface area (Å²) in [6.45, 7) is 4.15. The molecule has 4 nitrogen and oxygen atoms in total. The Labute approximate surface area is 138 Å². The Kier molecular flexibility index (Phi) is 3.14. The smallest absolute Gasteiger partial charge is 0.152 e. The van der Waals surface area contributed by atoms with Gasteiger partial charge in [0.15, 0.2) is 5.82 Å². The van der Waals surface area contributed by atoms with Gasteiger partial charge in [0.1, 0.15) is 11.3 Å². The molecule has 2 aromatic heterocycles. The van der Waals surface area contributed by atoms with E-state index in [0.717, 1.165) is 16.5 Å². The van der Waals surface area contributed by atoms with Crippen molar-refractivity contribution in [3.8, 4) is 6.07 Å². The molecule has 0 bridgehead atoms. The van der Waals surface area contributed by atoms with Crippen LogP contribution in [0.4, 0.5) is 4.39 Å². The Morgan fingerprint density at radius 1 is 1.21 bits per heavy atom. The van der Waals surface area contributed by atoms with Gasteiger partial charge >= 0.3 is 0 Å². The number of aromatic nitrogens is 3. The average Bonchev–Trinajstić information content (AvgIpc) is 3.18. The van der Waals surface area contributed by atoms with Gasteiger partial charge in [0.2, 0.25) is 0 Å². The third-order valence-corrected chi connectivity index (χ3v) is 4.44. The van der Waals surface area contributed by atoms with E-state index in [1.54, 1.807) is 6.07 Å². The minimum Gasteiger partial charge on any atom is -0.361 e. The third-order valence-electron chi connectivity index (χ3n) is 4.44. The summed E-state index contributed by atoms with van der Waals surface area (Å²) >= 11 is 0. The highest BCUT2D eigenvalue weighted by molar-refractivity contribution is 5.87. The number of nitrogens with one attached hydrogen (secondary N) is 2. The highest BCUT2D eigenvalue weighted by Gasteiger charge is 2.14. The second kappa shape index (κ2) is 5.20. The number of fused-ring (bicyclic) bond motifs is 2. The van der Waals surface area contributed by atoms with Gasteiger partial charge in [-0.2, -0.15) is 5.26 Å². The summed E-state index contributed by atoms with van der Waals surface area (Å²) in [4.78, 5) is 10.8. The van der Waals surface area contributed by atoms with Crippen molar-refractivity contribution in [2.45, 2.75) is 20.3 Å². The van der Waals surface area contributed by atoms with E-state index in [1.807, 2.05) is 12.3 Å². The fraction of sp³-hybridized carbons (Fsp3) is 0.158. The highest BCUT2D eigenvalue weighted by atomic mass is 19.1. The van der Waals surface area contributed by atoms with Gasteiger partial charge in [-0.3, -0.25) is 0 Å². The molecule has 0 atom stereocenters. The van der Waals surface area contributed by atoms with Crippen LogP contribution in [0, 0.1) is 31.0 Å². The van der Waals surface area contributed by atoms with E-state index in [1.165, 1.54) is 17.2 Å². The van der Waals surface area contributed by atoms with Crippen molar-refractivity contribution in [3.63, 3.8) is 0 Å². The topological polar surface area (TPSA) is 68.3 Å². The van der Waals surface area contributed by atoms with Crippen molar-refractivity contribution in [2.24, 2.45) is 0 Å². The molecule has 0 spiro atoms. The Morgan fingerprint density at radius 3 is 2.83 bits per heavy atom. The molecule has 0 saturated carbocycles. The largest absolute Gasteiger partial charge is 0.361 e. The lowest BCUT2D eigenvalue weighted by molar-refractivity contribution is 0.636. The molecule has 5 heteroatoms. The lowest BCUT2D eigenvalue weighted by Crippen LogP contribution is -1.96. The predicted molar refractivity (Wildman–Crippen MR) is 91.3 cm³/mol. The summed E-state index contributed by atoms with van der Waals surface area (Å²) in [7, 11) is 0. The minimum atomic E-state index is -0.473. The molecular formula is C19H15FN4. The molecule has 0 fully saturated rings. The van der Waals surface area contributed by atoms with Crippen LogP contribution < -0.4 is 0 Å². The SMILES string of the molecule is Cc1cc(C)c2[nH]ccc2c1Cc1nc2c(F)cc(C#N)cc2[nH]1. The molecule has 2 heterocycles. The zero-order valence-electron chi connectivity index (χ0n) is 13.4. The molecule has 0 aliphatic rings. The second-order valence-electron chi connectivity index (χ2n) is 6.08. The van der Waals surface area contributed by atoms with Gasteiger partial charge in [-0.25, -0.2) is 9.37 Å². The van der Waals surface area contributed by atoms with E-state index in [4.69, 9.17) is 5.26 Å². The predicted octanol–water partition coefficient (Wildman–Crippen LogP) is 4.26. The molecular weight excluding hydrogens is 303 g/mol. The number of halogens is 1. The van der Waals surface area contributed by atoms with Crippen molar-refractivity contribution in [1.82, 2.24) is 15.0 Å². The minimum absolute atomic E-state index is 0.277. The van der Waals surface area contributed by atoms with Crippen LogP contribution >= 0.6 is 0 Å². The van der Waals surface area contributed by atoms with E-state index in [-0.39, 0.29) is 11.1 Å². The van der Waals surface area contributed by atoms with Crippen LogP contribution in [0.5, 0.6) is 0 Å². The zero-order chi connectivity index (χ0) is 16.8. The van der Waals surface area contributed by atoms with Crippen molar-refractivity contribution in [1.29, 1.82) is 5.26 Å². The van der Waals surface area contributed by atoms with Crippen molar-refractivity contribution >= 4 is 21.9 Å². The van der Waals surface area contributed by atoms with E-state index < -0.39 is 5.82 Å². The van der Waals surface area contributed by atoms with Crippen LogP contribution in [0.25, 0.3) is 21.9 Å². The first-order valence-corrected chi connectivity index (χ1v) is 7.71. The quantitative estimate of drug-likeness (QED) is 0.580. The Bertz CT molecular complexity index is 1130. The fourth-order valence-electron chi connectivity index (χ4n) is 3.32. The van der Waals surface area contributed by atoms with Gasteiger partial charge in [-0.15, -0.1) is 0 Å². The van der Waals surface area contributed by atoms with Crippen LogP contribution in [0.3, 0.4) is 0 Å². The maximum absolute atomic E-state index is 14.1. The molecule has 2 aromatic carbocycles. The molecule has 0 unspecified atom stereocenters. The lowest BCUT2D eigenvalue weighted by Gasteiger charge is -2.08. The van der Waals surface area contributed by atoms with Crippen molar-refractivity contribution in [3.05, 3.63) is 64.4 Å². The zero-order valence-corrected chi connectivity index (χ0v) is 13.4.